The second kappa shape index (κ2) is 5.32. The first kappa shape index (κ1) is 13.0. The highest BCUT2D eigenvalue weighted by atomic mass is 16.2. The second-order valence-corrected chi connectivity index (χ2v) is 4.97. The van der Waals surface area contributed by atoms with Gasteiger partial charge >= 0.3 is 0 Å². The van der Waals surface area contributed by atoms with E-state index in [4.69, 9.17) is 0 Å². The molecule has 0 saturated carbocycles. The highest BCUT2D eigenvalue weighted by Crippen LogP contribution is 2.14. The lowest BCUT2D eigenvalue weighted by atomic mass is 9.96. The smallest absolute Gasteiger partial charge is 0.245 e. The van der Waals surface area contributed by atoms with Crippen molar-refractivity contribution in [2.24, 2.45) is 11.8 Å². The van der Waals surface area contributed by atoms with Gasteiger partial charge in [0, 0.05) is 6.54 Å². The molecule has 1 aliphatic rings. The van der Waals surface area contributed by atoms with Gasteiger partial charge in [0.2, 0.25) is 11.8 Å². The van der Waals surface area contributed by atoms with E-state index in [1.54, 1.807) is 4.90 Å². The third-order valence-electron chi connectivity index (χ3n) is 3.33. The maximum absolute atomic E-state index is 12.0. The van der Waals surface area contributed by atoms with Crippen LogP contribution in [0, 0.1) is 11.8 Å². The van der Waals surface area contributed by atoms with Gasteiger partial charge in [-0.25, -0.2) is 0 Å². The van der Waals surface area contributed by atoms with Gasteiger partial charge in [-0.3, -0.25) is 9.59 Å². The van der Waals surface area contributed by atoms with E-state index in [1.807, 2.05) is 6.92 Å². The van der Waals surface area contributed by atoms with E-state index < -0.39 is 0 Å². The fraction of sp³-hybridized carbons (Fsp3) is 0.833. The number of carbonyl (C=O) groups is 2. The second-order valence-electron chi connectivity index (χ2n) is 4.97. The standard InChI is InChI=1S/C12H22N2O2/c1-5-10-12(16)14(7-11(15)13-10)6-9(4)8(2)3/h8-10H,5-7H2,1-4H3,(H,13,15). The van der Waals surface area contributed by atoms with E-state index in [2.05, 4.69) is 26.1 Å². The van der Waals surface area contributed by atoms with E-state index >= 15 is 0 Å². The van der Waals surface area contributed by atoms with Crippen molar-refractivity contribution in [3.63, 3.8) is 0 Å². The minimum atomic E-state index is -0.319. The van der Waals surface area contributed by atoms with Gasteiger partial charge in [0.15, 0.2) is 0 Å². The van der Waals surface area contributed by atoms with Crippen LogP contribution in [-0.4, -0.2) is 35.8 Å². The van der Waals surface area contributed by atoms with Crippen molar-refractivity contribution in [2.75, 3.05) is 13.1 Å². The van der Waals surface area contributed by atoms with Gasteiger partial charge < -0.3 is 10.2 Å². The zero-order chi connectivity index (χ0) is 12.3. The van der Waals surface area contributed by atoms with Gasteiger partial charge in [0.1, 0.15) is 6.04 Å². The summed E-state index contributed by atoms with van der Waals surface area (Å²) in [4.78, 5) is 25.1. The quantitative estimate of drug-likeness (QED) is 0.778. The van der Waals surface area contributed by atoms with Gasteiger partial charge in [-0.2, -0.15) is 0 Å². The van der Waals surface area contributed by atoms with E-state index in [0.717, 1.165) is 0 Å². The molecule has 1 saturated heterocycles. The predicted molar refractivity (Wildman–Crippen MR) is 62.8 cm³/mol. The summed E-state index contributed by atoms with van der Waals surface area (Å²) in [5, 5.41) is 2.72. The summed E-state index contributed by atoms with van der Waals surface area (Å²) >= 11 is 0. The van der Waals surface area contributed by atoms with Crippen LogP contribution in [0.4, 0.5) is 0 Å². The number of hydrogen-bond donors (Lipinski definition) is 1. The van der Waals surface area contributed by atoms with Crippen LogP contribution in [0.1, 0.15) is 34.1 Å². The molecule has 4 heteroatoms. The van der Waals surface area contributed by atoms with Crippen molar-refractivity contribution in [1.29, 1.82) is 0 Å². The third kappa shape index (κ3) is 2.97. The normalized spacial score (nSPS) is 23.6. The minimum absolute atomic E-state index is 0.0394. The third-order valence-corrected chi connectivity index (χ3v) is 3.33. The molecule has 16 heavy (non-hydrogen) atoms. The fourth-order valence-corrected chi connectivity index (χ4v) is 1.76. The highest BCUT2D eigenvalue weighted by Gasteiger charge is 2.32. The van der Waals surface area contributed by atoms with Gasteiger partial charge in [0.05, 0.1) is 6.54 Å². The Kier molecular flexibility index (Phi) is 4.33. The van der Waals surface area contributed by atoms with Crippen LogP contribution < -0.4 is 5.32 Å². The summed E-state index contributed by atoms with van der Waals surface area (Å²) in [6, 6.07) is -0.319. The van der Waals surface area contributed by atoms with Crippen molar-refractivity contribution in [2.45, 2.75) is 40.2 Å². The number of nitrogens with one attached hydrogen (secondary N) is 1. The van der Waals surface area contributed by atoms with E-state index in [9.17, 15) is 9.59 Å². The first-order chi connectivity index (χ1) is 7.45. The lowest BCUT2D eigenvalue weighted by molar-refractivity contribution is -0.145. The first-order valence-electron chi connectivity index (χ1n) is 6.03. The Morgan fingerprint density at radius 3 is 2.50 bits per heavy atom. The van der Waals surface area contributed by atoms with Gasteiger partial charge in [0.25, 0.3) is 0 Å². The molecule has 1 fully saturated rings. The van der Waals surface area contributed by atoms with Gasteiger partial charge in [-0.15, -0.1) is 0 Å². The molecular weight excluding hydrogens is 204 g/mol. The number of rotatable bonds is 4. The van der Waals surface area contributed by atoms with Crippen LogP contribution in [0.15, 0.2) is 0 Å². The molecule has 1 N–H and O–H groups in total. The SMILES string of the molecule is CCC1NC(=O)CN(CC(C)C(C)C)C1=O. The van der Waals surface area contributed by atoms with Crippen LogP contribution in [0.3, 0.4) is 0 Å². The number of amides is 2. The van der Waals surface area contributed by atoms with Crippen LogP contribution >= 0.6 is 0 Å². The minimum Gasteiger partial charge on any atom is -0.343 e. The average Bonchev–Trinajstić information content (AvgIpc) is 2.22. The van der Waals surface area contributed by atoms with Crippen molar-refractivity contribution >= 4 is 11.8 Å². The van der Waals surface area contributed by atoms with Crippen LogP contribution in [0.5, 0.6) is 0 Å². The summed E-state index contributed by atoms with van der Waals surface area (Å²) in [5.41, 5.74) is 0. The molecule has 0 spiro atoms. The Hall–Kier alpha value is -1.06. The molecular formula is C12H22N2O2. The molecule has 1 aliphatic heterocycles. The predicted octanol–water partition coefficient (Wildman–Crippen LogP) is 1.02. The zero-order valence-electron chi connectivity index (χ0n) is 10.6. The summed E-state index contributed by atoms with van der Waals surface area (Å²) in [7, 11) is 0. The van der Waals surface area contributed by atoms with E-state index in [0.29, 0.717) is 24.8 Å². The fourth-order valence-electron chi connectivity index (χ4n) is 1.76. The lowest BCUT2D eigenvalue weighted by Crippen LogP contribution is -2.58. The zero-order valence-corrected chi connectivity index (χ0v) is 10.6. The van der Waals surface area contributed by atoms with E-state index in [-0.39, 0.29) is 24.4 Å². The molecule has 1 rings (SSSR count). The summed E-state index contributed by atoms with van der Waals surface area (Å²) in [5.74, 6) is 0.974. The van der Waals surface area contributed by atoms with Crippen molar-refractivity contribution < 1.29 is 9.59 Å². The molecule has 0 aromatic carbocycles. The maximum atomic E-state index is 12.0. The molecule has 0 aromatic rings. The number of hydrogen-bond acceptors (Lipinski definition) is 2. The molecule has 4 nitrogen and oxygen atoms in total. The van der Waals surface area contributed by atoms with Crippen LogP contribution in [0.2, 0.25) is 0 Å². The van der Waals surface area contributed by atoms with Crippen molar-refractivity contribution in [3.05, 3.63) is 0 Å². The Balaban J connectivity index is 2.64. The molecule has 2 atom stereocenters. The summed E-state index contributed by atoms with van der Waals surface area (Å²) in [6.45, 7) is 9.20. The van der Waals surface area contributed by atoms with Crippen molar-refractivity contribution in [1.82, 2.24) is 10.2 Å². The Morgan fingerprint density at radius 2 is 2.00 bits per heavy atom. The molecule has 1 heterocycles. The largest absolute Gasteiger partial charge is 0.343 e. The molecule has 92 valence electrons. The summed E-state index contributed by atoms with van der Waals surface area (Å²) in [6.07, 6.45) is 0.664. The monoisotopic (exact) mass is 226 g/mol. The first-order valence-corrected chi connectivity index (χ1v) is 6.03. The maximum Gasteiger partial charge on any atom is 0.245 e. The molecule has 0 aliphatic carbocycles. The molecule has 0 aromatic heterocycles. The lowest BCUT2D eigenvalue weighted by Gasteiger charge is -2.34. The Bertz CT molecular complexity index is 276. The topological polar surface area (TPSA) is 49.4 Å². The summed E-state index contributed by atoms with van der Waals surface area (Å²) < 4.78 is 0. The molecule has 0 radical (unpaired) electrons. The average molecular weight is 226 g/mol. The molecule has 2 amide bonds. The number of carbonyl (C=O) groups excluding carboxylic acids is 2. The van der Waals surface area contributed by atoms with E-state index in [1.165, 1.54) is 0 Å². The highest BCUT2D eigenvalue weighted by molar-refractivity contribution is 5.94. The Morgan fingerprint density at radius 1 is 1.38 bits per heavy atom. The van der Waals surface area contributed by atoms with Gasteiger partial charge in [-0.05, 0) is 18.3 Å². The number of piperazine rings is 1. The van der Waals surface area contributed by atoms with Crippen LogP contribution in [-0.2, 0) is 9.59 Å². The molecule has 0 bridgehead atoms. The van der Waals surface area contributed by atoms with Gasteiger partial charge in [-0.1, -0.05) is 27.7 Å². The van der Waals surface area contributed by atoms with Crippen LogP contribution in [0.25, 0.3) is 0 Å². The molecule has 2 unspecified atom stereocenters. The number of nitrogens with zero attached hydrogens (tertiary/aromatic N) is 1. The van der Waals surface area contributed by atoms with Crippen molar-refractivity contribution in [3.8, 4) is 0 Å². The Labute approximate surface area is 97.4 Å².